The number of nitrogens with zero attached hydrogens (tertiary/aromatic N) is 2. The molecule has 0 spiro atoms. The molecule has 0 unspecified atom stereocenters. The molecule has 8 nitrogen and oxygen atoms in total. The van der Waals surface area contributed by atoms with Gasteiger partial charge in [-0.2, -0.15) is 0 Å². The number of anilines is 3. The van der Waals surface area contributed by atoms with Gasteiger partial charge in [0.25, 0.3) is 5.91 Å². The van der Waals surface area contributed by atoms with Crippen LogP contribution in [0.5, 0.6) is 5.75 Å². The number of thiazole rings is 2. The van der Waals surface area contributed by atoms with E-state index in [0.717, 1.165) is 27.3 Å². The number of ether oxygens (including phenoxy) is 1. The number of rotatable bonds is 6. The summed E-state index contributed by atoms with van der Waals surface area (Å²) >= 11 is 8.36. The molecule has 11 heteroatoms. The first kappa shape index (κ1) is 22.0. The fourth-order valence-electron chi connectivity index (χ4n) is 2.86. The number of amides is 3. The highest BCUT2D eigenvalue weighted by atomic mass is 35.5. The lowest BCUT2D eigenvalue weighted by atomic mass is 10.3. The molecular weight excluding hydrogens is 470 g/mol. The monoisotopic (exact) mass is 487 g/mol. The molecule has 0 atom stereocenters. The third-order valence-corrected chi connectivity index (χ3v) is 6.44. The van der Waals surface area contributed by atoms with Crippen LogP contribution in [0.15, 0.2) is 42.5 Å². The maximum Gasteiger partial charge on any atom is 0.325 e. The minimum Gasteiger partial charge on any atom is -0.494 e. The molecule has 0 radical (unpaired) electrons. The number of hydrogen-bond acceptors (Lipinski definition) is 7. The molecule has 0 bridgehead atoms. The van der Waals surface area contributed by atoms with Crippen LogP contribution in [-0.4, -0.2) is 28.5 Å². The van der Waals surface area contributed by atoms with Crippen molar-refractivity contribution in [1.29, 1.82) is 0 Å². The van der Waals surface area contributed by atoms with Gasteiger partial charge in [-0.15, -0.1) is 0 Å². The highest BCUT2D eigenvalue weighted by Gasteiger charge is 2.18. The first-order chi connectivity index (χ1) is 15.4. The topological polar surface area (TPSA) is 105 Å². The lowest BCUT2D eigenvalue weighted by molar-refractivity contribution is 0.103. The zero-order chi connectivity index (χ0) is 22.7. The van der Waals surface area contributed by atoms with E-state index in [-0.39, 0.29) is 5.91 Å². The Hall–Kier alpha value is -3.21. The number of benzene rings is 2. The molecule has 2 heterocycles. The van der Waals surface area contributed by atoms with E-state index in [0.29, 0.717) is 38.2 Å². The van der Waals surface area contributed by atoms with Crippen molar-refractivity contribution in [2.75, 3.05) is 22.6 Å². The molecule has 32 heavy (non-hydrogen) atoms. The van der Waals surface area contributed by atoms with Gasteiger partial charge < -0.3 is 10.1 Å². The zero-order valence-corrected chi connectivity index (χ0v) is 19.5. The summed E-state index contributed by atoms with van der Waals surface area (Å²) in [5, 5.41) is 9.40. The molecule has 0 aliphatic rings. The van der Waals surface area contributed by atoms with Crippen molar-refractivity contribution < 1.29 is 14.3 Å². The van der Waals surface area contributed by atoms with Crippen LogP contribution in [0.2, 0.25) is 5.02 Å². The van der Waals surface area contributed by atoms with Crippen molar-refractivity contribution in [3.63, 3.8) is 0 Å². The first-order valence-corrected chi connectivity index (χ1v) is 11.6. The van der Waals surface area contributed by atoms with Crippen molar-refractivity contribution in [3.05, 3.63) is 58.1 Å². The van der Waals surface area contributed by atoms with E-state index in [1.807, 2.05) is 25.1 Å². The third kappa shape index (κ3) is 5.16. The van der Waals surface area contributed by atoms with Crippen LogP contribution in [0.25, 0.3) is 10.2 Å². The van der Waals surface area contributed by atoms with E-state index in [1.165, 1.54) is 11.3 Å². The van der Waals surface area contributed by atoms with Crippen LogP contribution < -0.4 is 20.7 Å². The Balaban J connectivity index is 1.43. The summed E-state index contributed by atoms with van der Waals surface area (Å²) in [5.41, 5.74) is 1.82. The number of aryl methyl sites for hydroxylation is 1. The summed E-state index contributed by atoms with van der Waals surface area (Å²) in [6.45, 7) is 4.20. The highest BCUT2D eigenvalue weighted by Crippen LogP contribution is 2.30. The molecule has 3 amide bonds. The smallest absolute Gasteiger partial charge is 0.325 e. The highest BCUT2D eigenvalue weighted by molar-refractivity contribution is 7.22. The minimum absolute atomic E-state index is 0.304. The maximum absolute atomic E-state index is 12.8. The Kier molecular flexibility index (Phi) is 6.54. The number of carbonyl (C=O) groups excluding carboxylic acids is 2. The summed E-state index contributed by atoms with van der Waals surface area (Å²) in [6.07, 6.45) is 0. The largest absolute Gasteiger partial charge is 0.494 e. The maximum atomic E-state index is 12.8. The molecule has 2 aromatic heterocycles. The molecule has 0 aliphatic carbocycles. The van der Waals surface area contributed by atoms with Gasteiger partial charge in [0.2, 0.25) is 0 Å². The Labute approximate surface area is 196 Å². The second kappa shape index (κ2) is 9.51. The van der Waals surface area contributed by atoms with Crippen molar-refractivity contribution in [3.8, 4) is 5.75 Å². The number of urea groups is 1. The van der Waals surface area contributed by atoms with Crippen LogP contribution in [-0.2, 0) is 0 Å². The molecule has 3 N–H and O–H groups in total. The van der Waals surface area contributed by atoms with Gasteiger partial charge in [-0.05, 0) is 50.2 Å². The molecule has 2 aromatic carbocycles. The average Bonchev–Trinajstić information content (AvgIpc) is 3.30. The van der Waals surface area contributed by atoms with Crippen LogP contribution in [0.4, 0.5) is 20.7 Å². The van der Waals surface area contributed by atoms with Gasteiger partial charge in [0.05, 0.1) is 22.5 Å². The molecule has 164 valence electrons. The van der Waals surface area contributed by atoms with Crippen LogP contribution in [0.1, 0.15) is 22.3 Å². The zero-order valence-electron chi connectivity index (χ0n) is 17.1. The van der Waals surface area contributed by atoms with Gasteiger partial charge in [-0.1, -0.05) is 40.3 Å². The van der Waals surface area contributed by atoms with Crippen LogP contribution in [0.3, 0.4) is 0 Å². The van der Waals surface area contributed by atoms with Crippen LogP contribution >= 0.6 is 34.3 Å². The van der Waals surface area contributed by atoms with Gasteiger partial charge in [-0.25, -0.2) is 14.8 Å². The van der Waals surface area contributed by atoms with Gasteiger partial charge in [0, 0.05) is 10.7 Å². The summed E-state index contributed by atoms with van der Waals surface area (Å²) < 4.78 is 6.42. The molecule has 4 rings (SSSR count). The van der Waals surface area contributed by atoms with Crippen molar-refractivity contribution in [2.45, 2.75) is 13.8 Å². The van der Waals surface area contributed by atoms with Crippen LogP contribution in [0, 0.1) is 6.92 Å². The van der Waals surface area contributed by atoms with Crippen molar-refractivity contribution in [1.82, 2.24) is 9.97 Å². The minimum atomic E-state index is -0.482. The van der Waals surface area contributed by atoms with E-state index < -0.39 is 6.03 Å². The molecule has 0 fully saturated rings. The van der Waals surface area contributed by atoms with Crippen molar-refractivity contribution in [2.24, 2.45) is 0 Å². The first-order valence-electron chi connectivity index (χ1n) is 9.57. The number of halogens is 1. The fraction of sp³-hybridized carbons (Fsp3) is 0.143. The SMILES string of the molecule is CCOc1ccc2nc(NC(=O)c3sc(NC(=O)Nc4cccc(Cl)c4)nc3C)sc2c1. The second-order valence-electron chi connectivity index (χ2n) is 6.56. The van der Waals surface area contributed by atoms with E-state index in [4.69, 9.17) is 16.3 Å². The number of carbonyl (C=O) groups is 2. The number of fused-ring (bicyclic) bond motifs is 1. The Morgan fingerprint density at radius 1 is 1.03 bits per heavy atom. The summed E-state index contributed by atoms with van der Waals surface area (Å²) in [4.78, 5) is 34.1. The molecule has 0 aliphatic heterocycles. The summed E-state index contributed by atoms with van der Waals surface area (Å²) in [5.74, 6) is 0.416. The standard InChI is InChI=1S/C21H18ClN5O3S2/c1-3-30-14-7-8-15-16(10-14)31-21(25-15)26-18(28)17-11(2)23-20(32-17)27-19(29)24-13-6-4-5-12(22)9-13/h4-10H,3H2,1-2H3,(H,25,26,28)(H2,23,24,27,29). The van der Waals surface area contributed by atoms with E-state index in [2.05, 4.69) is 25.9 Å². The average molecular weight is 488 g/mol. The van der Waals surface area contributed by atoms with Gasteiger partial charge in [0.15, 0.2) is 10.3 Å². The van der Waals surface area contributed by atoms with Gasteiger partial charge in [-0.3, -0.25) is 15.4 Å². The second-order valence-corrected chi connectivity index (χ2v) is 9.02. The van der Waals surface area contributed by atoms with Gasteiger partial charge in [0.1, 0.15) is 10.6 Å². The quantitative estimate of drug-likeness (QED) is 0.309. The predicted octanol–water partition coefficient (Wildman–Crippen LogP) is 6.01. The third-order valence-electron chi connectivity index (χ3n) is 4.20. The molecule has 0 saturated carbocycles. The van der Waals surface area contributed by atoms with Crippen molar-refractivity contribution >= 4 is 72.4 Å². The fourth-order valence-corrected chi connectivity index (χ4v) is 4.79. The number of aromatic nitrogens is 2. The Morgan fingerprint density at radius 2 is 1.84 bits per heavy atom. The number of hydrogen-bond donors (Lipinski definition) is 3. The Bertz CT molecular complexity index is 1300. The lowest BCUT2D eigenvalue weighted by Gasteiger charge is -2.05. The lowest BCUT2D eigenvalue weighted by Crippen LogP contribution is -2.19. The van der Waals surface area contributed by atoms with E-state index in [1.54, 1.807) is 31.2 Å². The Morgan fingerprint density at radius 3 is 2.62 bits per heavy atom. The van der Waals surface area contributed by atoms with Gasteiger partial charge >= 0.3 is 6.03 Å². The van der Waals surface area contributed by atoms with E-state index in [9.17, 15) is 9.59 Å². The number of nitrogens with one attached hydrogen (secondary N) is 3. The molecule has 0 saturated heterocycles. The normalized spacial score (nSPS) is 10.7. The predicted molar refractivity (Wildman–Crippen MR) is 130 cm³/mol. The van der Waals surface area contributed by atoms with E-state index >= 15 is 0 Å². The molecular formula is C21H18ClN5O3S2. The summed E-state index contributed by atoms with van der Waals surface area (Å²) in [6, 6.07) is 11.9. The summed E-state index contributed by atoms with van der Waals surface area (Å²) in [7, 11) is 0. The molecule has 4 aromatic rings.